The fraction of sp³-hybridized carbons (Fsp3) is 0.647. The lowest BCUT2D eigenvalue weighted by Crippen LogP contribution is -2.36. The van der Waals surface area contributed by atoms with Crippen LogP contribution in [0.2, 0.25) is 0 Å². The first-order valence-electron chi connectivity index (χ1n) is 7.70. The summed E-state index contributed by atoms with van der Waals surface area (Å²) in [5.41, 5.74) is 1.18. The van der Waals surface area contributed by atoms with Crippen molar-refractivity contribution in [1.82, 2.24) is 5.32 Å². The number of ether oxygens (including phenoxy) is 2. The van der Waals surface area contributed by atoms with E-state index in [1.165, 1.54) is 12.8 Å². The lowest BCUT2D eigenvalue weighted by Gasteiger charge is -2.29. The van der Waals surface area contributed by atoms with Crippen molar-refractivity contribution < 1.29 is 14.6 Å². The zero-order chi connectivity index (χ0) is 15.3. The Labute approximate surface area is 127 Å². The van der Waals surface area contributed by atoms with Crippen LogP contribution in [0.25, 0.3) is 0 Å². The van der Waals surface area contributed by atoms with Gasteiger partial charge in [0.25, 0.3) is 0 Å². The second-order valence-electron chi connectivity index (χ2n) is 6.08. The molecule has 1 saturated carbocycles. The zero-order valence-electron chi connectivity index (χ0n) is 13.3. The topological polar surface area (TPSA) is 50.7 Å². The van der Waals surface area contributed by atoms with Gasteiger partial charge in [-0.05, 0) is 25.8 Å². The Kier molecular flexibility index (Phi) is 5.48. The molecule has 1 aromatic rings. The summed E-state index contributed by atoms with van der Waals surface area (Å²) in [5, 5.41) is 13.3. The van der Waals surface area contributed by atoms with E-state index < -0.39 is 0 Å². The monoisotopic (exact) mass is 293 g/mol. The van der Waals surface area contributed by atoms with Gasteiger partial charge in [-0.1, -0.05) is 18.9 Å². The summed E-state index contributed by atoms with van der Waals surface area (Å²) < 4.78 is 10.7. The van der Waals surface area contributed by atoms with Gasteiger partial charge in [-0.2, -0.15) is 0 Å². The first-order valence-corrected chi connectivity index (χ1v) is 7.70. The van der Waals surface area contributed by atoms with Gasteiger partial charge in [0.2, 0.25) is 0 Å². The summed E-state index contributed by atoms with van der Waals surface area (Å²) in [7, 11) is 3.33. The molecule has 2 rings (SSSR count). The third-order valence-corrected chi connectivity index (χ3v) is 4.69. The molecule has 118 valence electrons. The van der Waals surface area contributed by atoms with E-state index in [9.17, 15) is 5.11 Å². The van der Waals surface area contributed by atoms with Crippen molar-refractivity contribution in [2.45, 2.75) is 38.6 Å². The van der Waals surface area contributed by atoms with E-state index in [2.05, 4.69) is 12.2 Å². The highest BCUT2D eigenvalue weighted by molar-refractivity contribution is 5.42. The van der Waals surface area contributed by atoms with Gasteiger partial charge in [0.15, 0.2) is 0 Å². The lowest BCUT2D eigenvalue weighted by atomic mass is 9.87. The molecule has 1 aliphatic rings. The normalized spacial score (nSPS) is 18.5. The summed E-state index contributed by atoms with van der Waals surface area (Å²) in [6.45, 7) is 3.25. The molecular formula is C17H27NO3. The SMILES string of the molecule is COc1ccc(C(C)NCC2(CO)CCCC2)c(OC)c1. The Morgan fingerprint density at radius 2 is 1.95 bits per heavy atom. The van der Waals surface area contributed by atoms with Crippen molar-refractivity contribution in [2.24, 2.45) is 5.41 Å². The van der Waals surface area contributed by atoms with Crippen LogP contribution >= 0.6 is 0 Å². The smallest absolute Gasteiger partial charge is 0.127 e. The number of nitrogens with one attached hydrogen (secondary N) is 1. The van der Waals surface area contributed by atoms with Crippen molar-refractivity contribution >= 4 is 0 Å². The molecule has 0 aliphatic heterocycles. The van der Waals surface area contributed by atoms with E-state index in [-0.39, 0.29) is 18.1 Å². The fourth-order valence-electron chi connectivity index (χ4n) is 3.17. The molecule has 1 aromatic carbocycles. The highest BCUT2D eigenvalue weighted by Gasteiger charge is 2.33. The molecule has 1 fully saturated rings. The first-order chi connectivity index (χ1) is 10.1. The standard InChI is InChI=1S/C17H27NO3/c1-13(18-11-17(12-19)8-4-5-9-17)15-7-6-14(20-2)10-16(15)21-3/h6-7,10,13,18-19H,4-5,8-9,11-12H2,1-3H3. The Hall–Kier alpha value is -1.26. The summed E-state index contributed by atoms with van der Waals surface area (Å²) in [4.78, 5) is 0. The van der Waals surface area contributed by atoms with Crippen LogP contribution in [-0.4, -0.2) is 32.5 Å². The van der Waals surface area contributed by atoms with Gasteiger partial charge in [-0.15, -0.1) is 0 Å². The maximum atomic E-state index is 9.69. The number of methoxy groups -OCH3 is 2. The van der Waals surface area contributed by atoms with Crippen molar-refractivity contribution in [2.75, 3.05) is 27.4 Å². The minimum atomic E-state index is 0.0635. The molecule has 4 heteroatoms. The van der Waals surface area contributed by atoms with Gasteiger partial charge in [-0.25, -0.2) is 0 Å². The van der Waals surface area contributed by atoms with E-state index >= 15 is 0 Å². The van der Waals surface area contributed by atoms with Gasteiger partial charge < -0.3 is 19.9 Å². The summed E-state index contributed by atoms with van der Waals surface area (Å²) >= 11 is 0. The van der Waals surface area contributed by atoms with Crippen molar-refractivity contribution in [3.8, 4) is 11.5 Å². The summed E-state index contributed by atoms with van der Waals surface area (Å²) in [5.74, 6) is 1.63. The van der Waals surface area contributed by atoms with E-state index in [4.69, 9.17) is 9.47 Å². The molecule has 0 amide bonds. The quantitative estimate of drug-likeness (QED) is 0.811. The first kappa shape index (κ1) is 16.1. The number of aliphatic hydroxyl groups excluding tert-OH is 1. The van der Waals surface area contributed by atoms with Crippen LogP contribution in [0.4, 0.5) is 0 Å². The summed E-state index contributed by atoms with van der Waals surface area (Å²) in [6.07, 6.45) is 4.68. The minimum Gasteiger partial charge on any atom is -0.497 e. The minimum absolute atomic E-state index is 0.0635. The molecule has 1 atom stereocenters. The van der Waals surface area contributed by atoms with Crippen LogP contribution in [0.1, 0.15) is 44.2 Å². The average Bonchev–Trinajstić information content (AvgIpc) is 3.01. The molecule has 4 nitrogen and oxygen atoms in total. The van der Waals surface area contributed by atoms with E-state index in [1.54, 1.807) is 14.2 Å². The average molecular weight is 293 g/mol. The Bertz CT molecular complexity index is 455. The molecule has 1 aliphatic carbocycles. The molecule has 1 unspecified atom stereocenters. The van der Waals surface area contributed by atoms with E-state index in [0.29, 0.717) is 0 Å². The number of aliphatic hydroxyl groups is 1. The molecule has 0 heterocycles. The van der Waals surface area contributed by atoms with Crippen LogP contribution in [0.15, 0.2) is 18.2 Å². The lowest BCUT2D eigenvalue weighted by molar-refractivity contribution is 0.125. The third-order valence-electron chi connectivity index (χ3n) is 4.69. The van der Waals surface area contributed by atoms with Gasteiger partial charge in [0, 0.05) is 36.2 Å². The van der Waals surface area contributed by atoms with Gasteiger partial charge >= 0.3 is 0 Å². The third kappa shape index (κ3) is 3.69. The van der Waals surface area contributed by atoms with Gasteiger partial charge in [-0.3, -0.25) is 0 Å². The largest absolute Gasteiger partial charge is 0.497 e. The second kappa shape index (κ2) is 7.14. The van der Waals surface area contributed by atoms with Crippen LogP contribution in [0, 0.1) is 5.41 Å². The molecule has 0 bridgehead atoms. The maximum absolute atomic E-state index is 9.69. The highest BCUT2D eigenvalue weighted by Crippen LogP contribution is 2.38. The molecule has 0 saturated heterocycles. The number of hydrogen-bond donors (Lipinski definition) is 2. The molecule has 2 N–H and O–H groups in total. The second-order valence-corrected chi connectivity index (χ2v) is 6.08. The van der Waals surface area contributed by atoms with Gasteiger partial charge in [0.05, 0.1) is 14.2 Å². The van der Waals surface area contributed by atoms with Crippen LogP contribution < -0.4 is 14.8 Å². The molecule has 0 spiro atoms. The predicted octanol–water partition coefficient (Wildman–Crippen LogP) is 2.91. The Balaban J connectivity index is 2.04. The molecule has 0 aromatic heterocycles. The van der Waals surface area contributed by atoms with Crippen LogP contribution in [-0.2, 0) is 0 Å². The molecule has 21 heavy (non-hydrogen) atoms. The Morgan fingerprint density at radius 1 is 1.24 bits per heavy atom. The zero-order valence-corrected chi connectivity index (χ0v) is 13.3. The van der Waals surface area contributed by atoms with Gasteiger partial charge in [0.1, 0.15) is 11.5 Å². The fourth-order valence-corrected chi connectivity index (χ4v) is 3.17. The van der Waals surface area contributed by atoms with E-state index in [0.717, 1.165) is 36.4 Å². The van der Waals surface area contributed by atoms with Crippen molar-refractivity contribution in [3.63, 3.8) is 0 Å². The Morgan fingerprint density at radius 3 is 2.52 bits per heavy atom. The number of hydrogen-bond acceptors (Lipinski definition) is 4. The van der Waals surface area contributed by atoms with E-state index in [1.807, 2.05) is 18.2 Å². The predicted molar refractivity (Wildman–Crippen MR) is 84.0 cm³/mol. The van der Waals surface area contributed by atoms with Crippen molar-refractivity contribution in [1.29, 1.82) is 0 Å². The van der Waals surface area contributed by atoms with Crippen molar-refractivity contribution in [3.05, 3.63) is 23.8 Å². The van der Waals surface area contributed by atoms with Crippen LogP contribution in [0.5, 0.6) is 11.5 Å². The highest BCUT2D eigenvalue weighted by atomic mass is 16.5. The summed E-state index contributed by atoms with van der Waals surface area (Å²) in [6, 6.07) is 6.07. The molecule has 0 radical (unpaired) electrons. The maximum Gasteiger partial charge on any atom is 0.127 e. The van der Waals surface area contributed by atoms with Crippen LogP contribution in [0.3, 0.4) is 0 Å². The molecular weight excluding hydrogens is 266 g/mol. The number of rotatable bonds is 7. The number of benzene rings is 1.